The molecule has 0 aliphatic carbocycles. The Morgan fingerprint density at radius 2 is 1.83 bits per heavy atom. The minimum Gasteiger partial charge on any atom is -0.0835 e. The summed E-state index contributed by atoms with van der Waals surface area (Å²) in [4.78, 5) is 0.321. The van der Waals surface area contributed by atoms with E-state index in [1.165, 1.54) is 16.7 Å². The van der Waals surface area contributed by atoms with E-state index in [-0.39, 0.29) is 0 Å². The molecule has 3 heteroatoms. The molecule has 1 atom stereocenters. The van der Waals surface area contributed by atoms with Gasteiger partial charge in [-0.1, -0.05) is 83.7 Å². The Kier molecular flexibility index (Phi) is 5.05. The van der Waals surface area contributed by atoms with Crippen molar-refractivity contribution in [2.24, 2.45) is 0 Å². The van der Waals surface area contributed by atoms with Crippen molar-refractivity contribution in [3.8, 4) is 0 Å². The van der Waals surface area contributed by atoms with Crippen molar-refractivity contribution in [1.29, 1.82) is 0 Å². The van der Waals surface area contributed by atoms with Crippen LogP contribution in [0.15, 0.2) is 51.4 Å². The molecule has 0 spiro atoms. The van der Waals surface area contributed by atoms with Gasteiger partial charge in [-0.2, -0.15) is 0 Å². The predicted molar refractivity (Wildman–Crippen MR) is 88.4 cm³/mol. The monoisotopic (exact) mass is 430 g/mol. The molecule has 0 bridgehead atoms. The summed E-state index contributed by atoms with van der Waals surface area (Å²) in [6, 6.07) is 15.0. The maximum atomic E-state index is 3.78. The van der Waals surface area contributed by atoms with E-state index in [9.17, 15) is 0 Å². The molecule has 0 aliphatic heterocycles. The molecule has 2 aromatic carbocycles. The van der Waals surface area contributed by atoms with E-state index in [4.69, 9.17) is 0 Å². The van der Waals surface area contributed by atoms with Crippen LogP contribution in [0.2, 0.25) is 0 Å². The summed E-state index contributed by atoms with van der Waals surface area (Å²) in [7, 11) is 0. The highest BCUT2D eigenvalue weighted by Crippen LogP contribution is 2.34. The van der Waals surface area contributed by atoms with E-state index in [1.54, 1.807) is 0 Å². The van der Waals surface area contributed by atoms with Crippen molar-refractivity contribution in [2.45, 2.75) is 18.2 Å². The van der Waals surface area contributed by atoms with Crippen LogP contribution in [-0.4, -0.2) is 0 Å². The number of hydrogen-bond donors (Lipinski definition) is 0. The highest BCUT2D eigenvalue weighted by molar-refractivity contribution is 9.11. The molecule has 94 valence electrons. The van der Waals surface area contributed by atoms with Gasteiger partial charge in [-0.3, -0.25) is 0 Å². The third-order valence-electron chi connectivity index (χ3n) is 2.80. The van der Waals surface area contributed by atoms with E-state index in [0.717, 1.165) is 15.4 Å². The molecule has 1 unspecified atom stereocenters. The van der Waals surface area contributed by atoms with E-state index in [1.807, 2.05) is 0 Å². The third kappa shape index (κ3) is 3.69. The minimum atomic E-state index is 0.321. The van der Waals surface area contributed by atoms with Gasteiger partial charge in [0.15, 0.2) is 0 Å². The number of rotatable bonds is 3. The molecule has 0 radical (unpaired) electrons. The molecule has 0 aliphatic rings. The van der Waals surface area contributed by atoms with Crippen molar-refractivity contribution in [1.82, 2.24) is 0 Å². The number of alkyl halides is 1. The molecule has 0 aromatic heterocycles. The lowest BCUT2D eigenvalue weighted by atomic mass is 10.0. The Bertz CT molecular complexity index is 549. The van der Waals surface area contributed by atoms with Crippen LogP contribution in [0.25, 0.3) is 0 Å². The van der Waals surface area contributed by atoms with E-state index in [0.29, 0.717) is 4.83 Å². The molecule has 0 saturated carbocycles. The SMILES string of the molecule is Cc1cccc(CC(Br)c2ccc(Br)cc2Br)c1. The number of hydrogen-bond acceptors (Lipinski definition) is 0. The van der Waals surface area contributed by atoms with Gasteiger partial charge in [0.2, 0.25) is 0 Å². The van der Waals surface area contributed by atoms with E-state index < -0.39 is 0 Å². The molecular weight excluding hydrogens is 420 g/mol. The Hall–Kier alpha value is -0.120. The second kappa shape index (κ2) is 6.36. The van der Waals surface area contributed by atoms with Gasteiger partial charge in [0.1, 0.15) is 0 Å². The molecular formula is C15H13Br3. The summed E-state index contributed by atoms with van der Waals surface area (Å²) in [5.74, 6) is 0. The third-order valence-corrected chi connectivity index (χ3v) is 4.79. The maximum Gasteiger partial charge on any atom is 0.0446 e. The molecule has 0 amide bonds. The van der Waals surface area contributed by atoms with Crippen LogP contribution in [0.5, 0.6) is 0 Å². The van der Waals surface area contributed by atoms with Gasteiger partial charge in [-0.25, -0.2) is 0 Å². The van der Waals surface area contributed by atoms with E-state index >= 15 is 0 Å². The van der Waals surface area contributed by atoms with Crippen molar-refractivity contribution in [3.05, 3.63) is 68.1 Å². The standard InChI is InChI=1S/C15H13Br3/c1-10-3-2-4-11(7-10)8-14(17)13-6-5-12(16)9-15(13)18/h2-7,9,14H,8H2,1H3. The van der Waals surface area contributed by atoms with Gasteiger partial charge in [0.05, 0.1) is 0 Å². The van der Waals surface area contributed by atoms with Gasteiger partial charge in [-0.15, -0.1) is 0 Å². The molecule has 2 aromatic rings. The lowest BCUT2D eigenvalue weighted by Crippen LogP contribution is -1.97. The average molecular weight is 433 g/mol. The highest BCUT2D eigenvalue weighted by atomic mass is 79.9. The number of aryl methyl sites for hydroxylation is 1. The number of halogens is 3. The molecule has 0 heterocycles. The number of benzene rings is 2. The first kappa shape index (κ1) is 14.3. The van der Waals surface area contributed by atoms with Crippen LogP contribution in [0.3, 0.4) is 0 Å². The van der Waals surface area contributed by atoms with E-state index in [2.05, 4.69) is 97.2 Å². The summed E-state index contributed by atoms with van der Waals surface area (Å²) in [5, 5.41) is 0. The zero-order valence-corrected chi connectivity index (χ0v) is 14.7. The predicted octanol–water partition coefficient (Wildman–Crippen LogP) is 6.20. The maximum absolute atomic E-state index is 3.78. The van der Waals surface area contributed by atoms with Crippen LogP contribution in [0.1, 0.15) is 21.5 Å². The zero-order valence-electron chi connectivity index (χ0n) is 9.96. The fraction of sp³-hybridized carbons (Fsp3) is 0.200. The quantitative estimate of drug-likeness (QED) is 0.506. The summed E-state index contributed by atoms with van der Waals surface area (Å²) in [5.41, 5.74) is 3.94. The summed E-state index contributed by atoms with van der Waals surface area (Å²) in [6.45, 7) is 2.13. The summed E-state index contributed by atoms with van der Waals surface area (Å²) < 4.78 is 2.22. The molecule has 2 rings (SSSR count). The first-order chi connectivity index (χ1) is 8.56. The van der Waals surface area contributed by atoms with Gasteiger partial charge in [0, 0.05) is 13.8 Å². The van der Waals surface area contributed by atoms with Gasteiger partial charge >= 0.3 is 0 Å². The second-order valence-corrected chi connectivity index (χ2v) is 7.20. The van der Waals surface area contributed by atoms with Crippen molar-refractivity contribution in [3.63, 3.8) is 0 Å². The minimum absolute atomic E-state index is 0.321. The Morgan fingerprint density at radius 3 is 2.50 bits per heavy atom. The van der Waals surface area contributed by atoms with Gasteiger partial charge < -0.3 is 0 Å². The van der Waals surface area contributed by atoms with Crippen LogP contribution < -0.4 is 0 Å². The summed E-state index contributed by atoms with van der Waals surface area (Å²) >= 11 is 10.9. The van der Waals surface area contributed by atoms with Crippen molar-refractivity contribution < 1.29 is 0 Å². The van der Waals surface area contributed by atoms with Crippen molar-refractivity contribution in [2.75, 3.05) is 0 Å². The van der Waals surface area contributed by atoms with Crippen LogP contribution in [-0.2, 0) is 6.42 Å². The van der Waals surface area contributed by atoms with Gasteiger partial charge in [0.25, 0.3) is 0 Å². The first-order valence-electron chi connectivity index (χ1n) is 5.71. The van der Waals surface area contributed by atoms with Crippen LogP contribution >= 0.6 is 47.8 Å². The Labute approximate surface area is 133 Å². The highest BCUT2D eigenvalue weighted by Gasteiger charge is 2.12. The zero-order chi connectivity index (χ0) is 13.1. The largest absolute Gasteiger partial charge is 0.0835 e. The molecule has 18 heavy (non-hydrogen) atoms. The Balaban J connectivity index is 2.19. The smallest absolute Gasteiger partial charge is 0.0446 e. The van der Waals surface area contributed by atoms with Gasteiger partial charge in [-0.05, 0) is 36.6 Å². The molecule has 0 nitrogen and oxygen atoms in total. The van der Waals surface area contributed by atoms with Crippen LogP contribution in [0.4, 0.5) is 0 Å². The molecule has 0 N–H and O–H groups in total. The van der Waals surface area contributed by atoms with Crippen molar-refractivity contribution >= 4 is 47.8 Å². The Morgan fingerprint density at radius 1 is 1.06 bits per heavy atom. The topological polar surface area (TPSA) is 0 Å². The lowest BCUT2D eigenvalue weighted by Gasteiger charge is -2.13. The molecule has 0 saturated heterocycles. The lowest BCUT2D eigenvalue weighted by molar-refractivity contribution is 0.941. The van der Waals surface area contributed by atoms with Crippen LogP contribution in [0, 0.1) is 6.92 Å². The first-order valence-corrected chi connectivity index (χ1v) is 8.21. The fourth-order valence-electron chi connectivity index (χ4n) is 1.91. The fourth-order valence-corrected chi connectivity index (χ4v) is 4.32. The average Bonchev–Trinajstić information content (AvgIpc) is 2.28. The normalized spacial score (nSPS) is 12.4. The molecule has 0 fully saturated rings. The summed E-state index contributed by atoms with van der Waals surface area (Å²) in [6.07, 6.45) is 0.988. The second-order valence-electron chi connectivity index (χ2n) is 4.33.